The van der Waals surface area contributed by atoms with Gasteiger partial charge in [0.25, 0.3) is 0 Å². The summed E-state index contributed by atoms with van der Waals surface area (Å²) in [6, 6.07) is -0.211. The third kappa shape index (κ3) is 2.47. The van der Waals surface area contributed by atoms with Crippen LogP contribution in [0.4, 0.5) is 5.82 Å². The number of fused-ring (bicyclic) bond motifs is 1. The fourth-order valence-corrected chi connectivity index (χ4v) is 3.97. The molecule has 3 heterocycles. The van der Waals surface area contributed by atoms with E-state index in [-0.39, 0.29) is 11.9 Å². The van der Waals surface area contributed by atoms with Crippen molar-refractivity contribution in [2.75, 3.05) is 12.3 Å². The molecular formula is C14H19N5OS. The van der Waals surface area contributed by atoms with Crippen LogP contribution in [0.2, 0.25) is 0 Å². The summed E-state index contributed by atoms with van der Waals surface area (Å²) in [6.07, 6.45) is 1.78. The van der Waals surface area contributed by atoms with Crippen molar-refractivity contribution in [1.82, 2.24) is 14.9 Å². The summed E-state index contributed by atoms with van der Waals surface area (Å²) in [5.74, 6) is 0.908. The van der Waals surface area contributed by atoms with Gasteiger partial charge in [0.1, 0.15) is 16.5 Å². The largest absolute Gasteiger partial charge is 0.383 e. The lowest BCUT2D eigenvalue weighted by Gasteiger charge is -2.20. The van der Waals surface area contributed by atoms with Gasteiger partial charge in [0.2, 0.25) is 5.91 Å². The number of primary amides is 1. The molecule has 1 amide bonds. The highest BCUT2D eigenvalue weighted by Gasteiger charge is 2.29. The van der Waals surface area contributed by atoms with Gasteiger partial charge < -0.3 is 11.5 Å². The predicted octanol–water partition coefficient (Wildman–Crippen LogP) is 1.34. The van der Waals surface area contributed by atoms with Crippen LogP contribution in [0.25, 0.3) is 10.2 Å². The van der Waals surface area contributed by atoms with Crippen molar-refractivity contribution in [3.05, 3.63) is 16.3 Å². The van der Waals surface area contributed by atoms with Crippen molar-refractivity contribution in [3.63, 3.8) is 0 Å². The van der Waals surface area contributed by atoms with Crippen LogP contribution in [0, 0.1) is 13.8 Å². The van der Waals surface area contributed by atoms with Gasteiger partial charge in [0.05, 0.1) is 18.0 Å². The molecule has 1 aliphatic rings. The molecule has 1 fully saturated rings. The third-order valence-corrected chi connectivity index (χ3v) is 5.24. The molecule has 0 aromatic carbocycles. The van der Waals surface area contributed by atoms with E-state index in [0.29, 0.717) is 18.2 Å². The van der Waals surface area contributed by atoms with E-state index in [0.717, 1.165) is 35.2 Å². The number of hydrogen-bond donors (Lipinski definition) is 2. The van der Waals surface area contributed by atoms with Gasteiger partial charge >= 0.3 is 0 Å². The smallest absolute Gasteiger partial charge is 0.234 e. The Balaban J connectivity index is 1.93. The zero-order chi connectivity index (χ0) is 15.1. The molecule has 0 spiro atoms. The number of amides is 1. The molecule has 1 saturated heterocycles. The van der Waals surface area contributed by atoms with E-state index in [1.54, 1.807) is 11.3 Å². The summed E-state index contributed by atoms with van der Waals surface area (Å²) in [5, 5.41) is 0.953. The van der Waals surface area contributed by atoms with Crippen molar-refractivity contribution < 1.29 is 4.79 Å². The summed E-state index contributed by atoms with van der Waals surface area (Å²) >= 11 is 1.63. The molecule has 3 rings (SSSR count). The number of hydrogen-bond acceptors (Lipinski definition) is 6. The van der Waals surface area contributed by atoms with Crippen LogP contribution in [0.15, 0.2) is 0 Å². The highest BCUT2D eigenvalue weighted by Crippen LogP contribution is 2.32. The van der Waals surface area contributed by atoms with Gasteiger partial charge in [-0.2, -0.15) is 0 Å². The summed E-state index contributed by atoms with van der Waals surface area (Å²) in [6.45, 7) is 5.46. The highest BCUT2D eigenvalue weighted by molar-refractivity contribution is 7.18. The van der Waals surface area contributed by atoms with E-state index < -0.39 is 0 Å². The number of likely N-dealkylation sites (tertiary alicyclic amines) is 1. The van der Waals surface area contributed by atoms with Gasteiger partial charge in [-0.1, -0.05) is 0 Å². The molecule has 1 unspecified atom stereocenters. The van der Waals surface area contributed by atoms with E-state index in [4.69, 9.17) is 11.5 Å². The minimum Gasteiger partial charge on any atom is -0.383 e. The number of carbonyl (C=O) groups excluding carboxylic acids is 1. The molecule has 0 radical (unpaired) electrons. The first-order valence-corrected chi connectivity index (χ1v) is 7.84. The second-order valence-corrected chi connectivity index (χ2v) is 6.72. The Bertz CT molecular complexity index is 711. The van der Waals surface area contributed by atoms with Gasteiger partial charge in [0.15, 0.2) is 0 Å². The normalized spacial score (nSPS) is 19.4. The van der Waals surface area contributed by atoms with Gasteiger partial charge in [-0.25, -0.2) is 9.97 Å². The topological polar surface area (TPSA) is 98.1 Å². The lowest BCUT2D eigenvalue weighted by Crippen LogP contribution is -2.40. The van der Waals surface area contributed by atoms with Gasteiger partial charge in [-0.3, -0.25) is 9.69 Å². The molecule has 0 aliphatic carbocycles. The first kappa shape index (κ1) is 14.2. The molecule has 0 bridgehead atoms. The Labute approximate surface area is 127 Å². The maximum atomic E-state index is 11.4. The van der Waals surface area contributed by atoms with Crippen LogP contribution in [0.1, 0.15) is 29.1 Å². The summed E-state index contributed by atoms with van der Waals surface area (Å²) in [5.41, 5.74) is 12.7. The van der Waals surface area contributed by atoms with Gasteiger partial charge in [0, 0.05) is 4.88 Å². The minimum absolute atomic E-state index is 0.211. The molecule has 0 saturated carbocycles. The number of anilines is 1. The van der Waals surface area contributed by atoms with E-state index in [9.17, 15) is 4.79 Å². The number of thiophene rings is 1. The SMILES string of the molecule is Cc1sc2nc(CN3CCCC3C(N)=O)nc(N)c2c1C. The lowest BCUT2D eigenvalue weighted by atomic mass is 10.2. The number of aromatic nitrogens is 2. The highest BCUT2D eigenvalue weighted by atomic mass is 32.1. The van der Waals surface area contributed by atoms with E-state index >= 15 is 0 Å². The van der Waals surface area contributed by atoms with Crippen LogP contribution in [0.5, 0.6) is 0 Å². The third-order valence-electron chi connectivity index (χ3n) is 4.14. The molecule has 6 nitrogen and oxygen atoms in total. The van der Waals surface area contributed by atoms with Crippen LogP contribution >= 0.6 is 11.3 Å². The Morgan fingerprint density at radius 2 is 2.19 bits per heavy atom. The Morgan fingerprint density at radius 1 is 1.43 bits per heavy atom. The number of nitrogen functional groups attached to an aromatic ring is 1. The molecule has 21 heavy (non-hydrogen) atoms. The first-order valence-electron chi connectivity index (χ1n) is 7.03. The van der Waals surface area contributed by atoms with Crippen molar-refractivity contribution >= 4 is 33.3 Å². The monoisotopic (exact) mass is 305 g/mol. The molecule has 2 aromatic heterocycles. The van der Waals surface area contributed by atoms with Crippen LogP contribution in [-0.4, -0.2) is 33.4 Å². The van der Waals surface area contributed by atoms with E-state index in [1.807, 2.05) is 11.8 Å². The Hall–Kier alpha value is -1.73. The van der Waals surface area contributed by atoms with Crippen molar-refractivity contribution in [2.45, 2.75) is 39.3 Å². The average Bonchev–Trinajstić information content (AvgIpc) is 2.96. The summed E-state index contributed by atoms with van der Waals surface area (Å²) in [4.78, 5) is 24.6. The molecule has 2 aromatic rings. The standard InChI is InChI=1S/C14H19N5OS/c1-7-8(2)21-14-11(7)12(15)17-10(18-14)6-19-5-3-4-9(19)13(16)20/h9H,3-6H2,1-2H3,(H2,16,20)(H2,15,17,18). The molecular weight excluding hydrogens is 286 g/mol. The quantitative estimate of drug-likeness (QED) is 0.891. The number of aryl methyl sites for hydroxylation is 2. The zero-order valence-corrected chi connectivity index (χ0v) is 13.0. The van der Waals surface area contributed by atoms with Crippen LogP contribution in [0.3, 0.4) is 0 Å². The number of nitrogens with zero attached hydrogens (tertiary/aromatic N) is 3. The Morgan fingerprint density at radius 3 is 2.90 bits per heavy atom. The molecule has 1 atom stereocenters. The second-order valence-electron chi connectivity index (χ2n) is 5.52. The lowest BCUT2D eigenvalue weighted by molar-refractivity contribution is -0.122. The maximum absolute atomic E-state index is 11.4. The fourth-order valence-electron chi connectivity index (χ4n) is 2.92. The van der Waals surface area contributed by atoms with Crippen molar-refractivity contribution in [2.24, 2.45) is 5.73 Å². The number of nitrogens with two attached hydrogens (primary N) is 2. The predicted molar refractivity (Wildman–Crippen MR) is 83.9 cm³/mol. The molecule has 1 aliphatic heterocycles. The van der Waals surface area contributed by atoms with Crippen LogP contribution in [-0.2, 0) is 11.3 Å². The minimum atomic E-state index is -0.274. The first-order chi connectivity index (χ1) is 9.97. The maximum Gasteiger partial charge on any atom is 0.234 e. The van der Waals surface area contributed by atoms with E-state index in [1.165, 1.54) is 4.88 Å². The van der Waals surface area contributed by atoms with Gasteiger partial charge in [-0.05, 0) is 38.8 Å². The summed E-state index contributed by atoms with van der Waals surface area (Å²) < 4.78 is 0. The molecule has 112 valence electrons. The van der Waals surface area contributed by atoms with Crippen molar-refractivity contribution in [1.29, 1.82) is 0 Å². The second kappa shape index (κ2) is 5.23. The number of rotatable bonds is 3. The number of carbonyl (C=O) groups is 1. The zero-order valence-electron chi connectivity index (χ0n) is 12.2. The average molecular weight is 305 g/mol. The fraction of sp³-hybridized carbons (Fsp3) is 0.500. The molecule has 4 N–H and O–H groups in total. The molecule has 7 heteroatoms. The Kier molecular flexibility index (Phi) is 3.54. The summed E-state index contributed by atoms with van der Waals surface area (Å²) in [7, 11) is 0. The van der Waals surface area contributed by atoms with Crippen LogP contribution < -0.4 is 11.5 Å². The van der Waals surface area contributed by atoms with Crippen molar-refractivity contribution in [3.8, 4) is 0 Å². The van der Waals surface area contributed by atoms with E-state index in [2.05, 4.69) is 16.9 Å². The van der Waals surface area contributed by atoms with Gasteiger partial charge in [-0.15, -0.1) is 11.3 Å².